The van der Waals surface area contributed by atoms with Gasteiger partial charge in [-0.05, 0) is 43.3 Å². The van der Waals surface area contributed by atoms with E-state index in [9.17, 15) is 4.79 Å². The van der Waals surface area contributed by atoms with Crippen LogP contribution < -0.4 is 19.1 Å². The highest BCUT2D eigenvalue weighted by Crippen LogP contribution is 2.33. The Hall–Kier alpha value is -4.26. The molecule has 0 saturated carbocycles. The molecule has 7 nitrogen and oxygen atoms in total. The van der Waals surface area contributed by atoms with E-state index in [1.807, 2.05) is 61.5 Å². The van der Waals surface area contributed by atoms with Crippen LogP contribution in [0.3, 0.4) is 0 Å². The standard InChI is InChI=1S/C27H27N3O4/c1-18-9-11-20(12-10-18)30-17-23(26(28-30)19-7-6-8-22(15-19)32-3)27(31)29(2)21-13-14-24(33-4)25(16-21)34-5/h6-17H,1-5H3. The van der Waals surface area contributed by atoms with Gasteiger partial charge in [-0.3, -0.25) is 4.79 Å². The van der Waals surface area contributed by atoms with E-state index in [2.05, 4.69) is 0 Å². The van der Waals surface area contributed by atoms with Crippen molar-refractivity contribution in [2.75, 3.05) is 33.3 Å². The zero-order chi connectivity index (χ0) is 24.2. The number of ether oxygens (including phenoxy) is 3. The first-order chi connectivity index (χ1) is 16.4. The van der Waals surface area contributed by atoms with Gasteiger partial charge in [-0.1, -0.05) is 29.8 Å². The fourth-order valence-electron chi connectivity index (χ4n) is 3.68. The van der Waals surface area contributed by atoms with Crippen molar-refractivity contribution in [1.29, 1.82) is 0 Å². The number of hydrogen-bond acceptors (Lipinski definition) is 5. The number of methoxy groups -OCH3 is 3. The van der Waals surface area contributed by atoms with E-state index in [0.29, 0.717) is 34.2 Å². The molecule has 1 heterocycles. The van der Waals surface area contributed by atoms with E-state index >= 15 is 0 Å². The van der Waals surface area contributed by atoms with E-state index in [1.54, 1.807) is 56.3 Å². The summed E-state index contributed by atoms with van der Waals surface area (Å²) in [7, 11) is 6.48. The molecule has 7 heteroatoms. The van der Waals surface area contributed by atoms with Crippen molar-refractivity contribution in [1.82, 2.24) is 9.78 Å². The van der Waals surface area contributed by atoms with Crippen molar-refractivity contribution in [3.05, 3.63) is 84.1 Å². The van der Waals surface area contributed by atoms with Crippen LogP contribution in [-0.2, 0) is 0 Å². The number of rotatable bonds is 7. The van der Waals surface area contributed by atoms with Crippen molar-refractivity contribution in [2.45, 2.75) is 6.92 Å². The molecular formula is C27H27N3O4. The summed E-state index contributed by atoms with van der Waals surface area (Å²) in [6, 6.07) is 20.9. The van der Waals surface area contributed by atoms with Crippen molar-refractivity contribution in [3.63, 3.8) is 0 Å². The largest absolute Gasteiger partial charge is 0.497 e. The van der Waals surface area contributed by atoms with Crippen molar-refractivity contribution in [2.24, 2.45) is 0 Å². The number of carbonyl (C=O) groups is 1. The van der Waals surface area contributed by atoms with Gasteiger partial charge in [-0.15, -0.1) is 0 Å². The molecule has 0 spiro atoms. The topological polar surface area (TPSA) is 65.8 Å². The molecule has 3 aromatic carbocycles. The quantitative estimate of drug-likeness (QED) is 0.384. The molecule has 0 fully saturated rings. The van der Waals surface area contributed by atoms with Crippen LogP contribution in [0.15, 0.2) is 72.9 Å². The Kier molecular flexibility index (Phi) is 6.54. The molecule has 0 unspecified atom stereocenters. The highest BCUT2D eigenvalue weighted by atomic mass is 16.5. The Labute approximate surface area is 199 Å². The third-order valence-corrected chi connectivity index (χ3v) is 5.65. The molecule has 0 N–H and O–H groups in total. The zero-order valence-corrected chi connectivity index (χ0v) is 19.9. The highest BCUT2D eigenvalue weighted by Gasteiger charge is 2.23. The number of nitrogens with zero attached hydrogens (tertiary/aromatic N) is 3. The average molecular weight is 458 g/mol. The summed E-state index contributed by atoms with van der Waals surface area (Å²) in [6.45, 7) is 2.03. The van der Waals surface area contributed by atoms with Crippen LogP contribution in [0.25, 0.3) is 16.9 Å². The number of carbonyl (C=O) groups excluding carboxylic acids is 1. The predicted molar refractivity (Wildman–Crippen MR) is 133 cm³/mol. The van der Waals surface area contributed by atoms with Crippen LogP contribution in [0.4, 0.5) is 5.69 Å². The molecular weight excluding hydrogens is 430 g/mol. The summed E-state index contributed by atoms with van der Waals surface area (Å²) >= 11 is 0. The third kappa shape index (κ3) is 4.45. The SMILES string of the molecule is COc1cccc(-c2nn(-c3ccc(C)cc3)cc2C(=O)N(C)c2ccc(OC)c(OC)c2)c1. The molecule has 1 aromatic heterocycles. The summed E-state index contributed by atoms with van der Waals surface area (Å²) in [4.78, 5) is 15.3. The van der Waals surface area contributed by atoms with Crippen LogP contribution in [0.1, 0.15) is 15.9 Å². The Morgan fingerprint density at radius 3 is 2.29 bits per heavy atom. The first-order valence-electron chi connectivity index (χ1n) is 10.8. The minimum Gasteiger partial charge on any atom is -0.497 e. The number of anilines is 1. The zero-order valence-electron chi connectivity index (χ0n) is 19.9. The van der Waals surface area contributed by atoms with E-state index < -0.39 is 0 Å². The van der Waals surface area contributed by atoms with Crippen LogP contribution in [0.5, 0.6) is 17.2 Å². The fraction of sp³-hybridized carbons (Fsp3) is 0.185. The average Bonchev–Trinajstić information content (AvgIpc) is 3.33. The second-order valence-corrected chi connectivity index (χ2v) is 7.81. The van der Waals surface area contributed by atoms with Crippen LogP contribution in [0.2, 0.25) is 0 Å². The lowest BCUT2D eigenvalue weighted by molar-refractivity contribution is 0.0993. The van der Waals surface area contributed by atoms with Crippen LogP contribution >= 0.6 is 0 Å². The number of benzene rings is 3. The third-order valence-electron chi connectivity index (χ3n) is 5.65. The highest BCUT2D eigenvalue weighted by molar-refractivity contribution is 6.09. The minimum absolute atomic E-state index is 0.205. The van der Waals surface area contributed by atoms with Crippen molar-refractivity contribution >= 4 is 11.6 Å². The molecule has 0 radical (unpaired) electrons. The van der Waals surface area contributed by atoms with Gasteiger partial charge in [-0.25, -0.2) is 4.68 Å². The van der Waals surface area contributed by atoms with E-state index in [4.69, 9.17) is 19.3 Å². The molecule has 0 aliphatic heterocycles. The molecule has 0 aliphatic rings. The van der Waals surface area contributed by atoms with Gasteiger partial charge in [0.1, 0.15) is 11.4 Å². The first kappa shape index (κ1) is 22.9. The Morgan fingerprint density at radius 1 is 0.882 bits per heavy atom. The lowest BCUT2D eigenvalue weighted by Gasteiger charge is -2.19. The van der Waals surface area contributed by atoms with Crippen LogP contribution in [0, 0.1) is 6.92 Å². The summed E-state index contributed by atoms with van der Waals surface area (Å²) in [5, 5.41) is 4.78. The van der Waals surface area contributed by atoms with Gasteiger partial charge in [0.25, 0.3) is 5.91 Å². The van der Waals surface area contributed by atoms with E-state index in [1.165, 1.54) is 0 Å². The second-order valence-electron chi connectivity index (χ2n) is 7.81. The first-order valence-corrected chi connectivity index (χ1v) is 10.8. The van der Waals surface area contributed by atoms with Gasteiger partial charge in [0.15, 0.2) is 11.5 Å². The summed E-state index contributed by atoms with van der Waals surface area (Å²) < 4.78 is 17.8. The Bertz CT molecular complexity index is 1310. The van der Waals surface area contributed by atoms with Gasteiger partial charge < -0.3 is 19.1 Å². The molecule has 0 bridgehead atoms. The number of aryl methyl sites for hydroxylation is 1. The minimum atomic E-state index is -0.205. The lowest BCUT2D eigenvalue weighted by atomic mass is 10.1. The van der Waals surface area contributed by atoms with Gasteiger partial charge in [-0.2, -0.15) is 5.10 Å². The number of amides is 1. The maximum absolute atomic E-state index is 13.7. The Morgan fingerprint density at radius 2 is 1.62 bits per heavy atom. The number of hydrogen-bond donors (Lipinski definition) is 0. The molecule has 0 atom stereocenters. The smallest absolute Gasteiger partial charge is 0.261 e. The second kappa shape index (κ2) is 9.70. The van der Waals surface area contributed by atoms with Gasteiger partial charge >= 0.3 is 0 Å². The molecule has 4 aromatic rings. The normalized spacial score (nSPS) is 10.6. The maximum atomic E-state index is 13.7. The molecule has 1 amide bonds. The van der Waals surface area contributed by atoms with Crippen molar-refractivity contribution < 1.29 is 19.0 Å². The fourth-order valence-corrected chi connectivity index (χ4v) is 3.68. The number of aromatic nitrogens is 2. The Balaban J connectivity index is 1.80. The van der Waals surface area contributed by atoms with Crippen molar-refractivity contribution in [3.8, 4) is 34.2 Å². The van der Waals surface area contributed by atoms with Gasteiger partial charge in [0.05, 0.1) is 32.6 Å². The summed E-state index contributed by atoms with van der Waals surface area (Å²) in [5.74, 6) is 1.62. The molecule has 0 saturated heterocycles. The molecule has 34 heavy (non-hydrogen) atoms. The summed E-state index contributed by atoms with van der Waals surface area (Å²) in [6.07, 6.45) is 1.76. The summed E-state index contributed by atoms with van der Waals surface area (Å²) in [5.41, 5.74) is 4.50. The van der Waals surface area contributed by atoms with E-state index in [0.717, 1.165) is 16.8 Å². The maximum Gasteiger partial charge on any atom is 0.261 e. The lowest BCUT2D eigenvalue weighted by Crippen LogP contribution is -2.26. The van der Waals surface area contributed by atoms with E-state index in [-0.39, 0.29) is 5.91 Å². The molecule has 0 aliphatic carbocycles. The van der Waals surface area contributed by atoms with Crippen LogP contribution in [-0.4, -0.2) is 44.1 Å². The van der Waals surface area contributed by atoms with Gasteiger partial charge in [0, 0.05) is 30.6 Å². The molecule has 174 valence electrons. The molecule has 4 rings (SSSR count). The monoisotopic (exact) mass is 457 g/mol. The predicted octanol–water partition coefficient (Wildman–Crippen LogP) is 5.15. The van der Waals surface area contributed by atoms with Gasteiger partial charge in [0.2, 0.25) is 0 Å².